The monoisotopic (exact) mass is 710 g/mol. The molecule has 6 rings (SSSR count). The minimum absolute atomic E-state index is 0.163. The second-order valence-electron chi connectivity index (χ2n) is 16.2. The summed E-state index contributed by atoms with van der Waals surface area (Å²) < 4.78 is 17.1. The van der Waals surface area contributed by atoms with Crippen molar-refractivity contribution in [3.05, 3.63) is 83.3 Å². The first-order valence-corrected chi connectivity index (χ1v) is 19.9. The van der Waals surface area contributed by atoms with Crippen LogP contribution in [0.25, 0.3) is 0 Å². The SMILES string of the molecule is CC(C)NC1CC1.CC(C)NC1CCC1.CC(C)NCC1CC1.CC(C)c1ccc(F)cc1.CC(C)c1cccnc1.Cc1nocc1C(C)C. The second-order valence-corrected chi connectivity index (χ2v) is 16.2. The fourth-order valence-corrected chi connectivity index (χ4v) is 4.91. The van der Waals surface area contributed by atoms with Gasteiger partial charge in [0.25, 0.3) is 0 Å². The first-order valence-electron chi connectivity index (χ1n) is 19.9. The molecule has 0 radical (unpaired) electrons. The van der Waals surface area contributed by atoms with Gasteiger partial charge in [0.2, 0.25) is 0 Å². The largest absolute Gasteiger partial charge is 0.364 e. The molecule has 0 aliphatic heterocycles. The Hall–Kier alpha value is -2.61. The van der Waals surface area contributed by atoms with Gasteiger partial charge in [0.15, 0.2) is 0 Å². The molecule has 6 nitrogen and oxygen atoms in total. The van der Waals surface area contributed by atoms with Crippen molar-refractivity contribution in [2.45, 2.75) is 183 Å². The van der Waals surface area contributed by atoms with Crippen LogP contribution in [0.5, 0.6) is 0 Å². The van der Waals surface area contributed by atoms with Crippen LogP contribution in [0.4, 0.5) is 4.39 Å². The van der Waals surface area contributed by atoms with E-state index in [1.165, 1.54) is 80.3 Å². The van der Waals surface area contributed by atoms with E-state index < -0.39 is 0 Å². The third-order valence-electron chi connectivity index (χ3n) is 8.63. The van der Waals surface area contributed by atoms with Crippen LogP contribution in [-0.2, 0) is 0 Å². The molecule has 3 fully saturated rings. The molecule has 51 heavy (non-hydrogen) atoms. The van der Waals surface area contributed by atoms with Gasteiger partial charge in [-0.3, -0.25) is 4.98 Å². The molecule has 1 aromatic carbocycles. The number of aromatic nitrogens is 2. The smallest absolute Gasteiger partial charge is 0.127 e. The third-order valence-corrected chi connectivity index (χ3v) is 8.63. The van der Waals surface area contributed by atoms with Crippen molar-refractivity contribution < 1.29 is 8.91 Å². The van der Waals surface area contributed by atoms with E-state index >= 15 is 0 Å². The van der Waals surface area contributed by atoms with E-state index in [2.05, 4.69) is 115 Å². The Morgan fingerprint density at radius 2 is 1.24 bits per heavy atom. The standard InChI is InChI=1S/C9H11F.C8H11N.C7H11NO.2C7H15N.C6H13N/c1-7(2)8-3-5-9(10)6-4-8;1-7(2)8-4-3-5-9-6-8;1-5(2)7-4-9-8-6(7)3;1-6(2)8-5-7-3-4-7;1-6(2)8-7-4-3-5-7;1-5(2)7-6-3-4-6/h3-7H,1-2H3;3-7H,1-2H3;4-5H,1-3H3;2*6-8H,3-5H2,1-2H3;5-7H,3-4H2,1-2H3. The Morgan fingerprint density at radius 3 is 1.51 bits per heavy atom. The Labute approximate surface area is 313 Å². The fraction of sp³-hybridized carbons (Fsp3) is 0.682. The van der Waals surface area contributed by atoms with Crippen LogP contribution in [0.1, 0.15) is 168 Å². The molecule has 3 aromatic rings. The molecule has 0 unspecified atom stereocenters. The maximum absolute atomic E-state index is 12.4. The minimum atomic E-state index is -0.163. The molecule has 3 saturated carbocycles. The normalized spacial score (nSPS) is 15.1. The van der Waals surface area contributed by atoms with Gasteiger partial charge in [0.05, 0.1) is 5.69 Å². The maximum Gasteiger partial charge on any atom is 0.127 e. The van der Waals surface area contributed by atoms with E-state index in [1.54, 1.807) is 12.5 Å². The van der Waals surface area contributed by atoms with Crippen LogP contribution in [0.3, 0.4) is 0 Å². The Balaban J connectivity index is 0.000000307. The highest BCUT2D eigenvalue weighted by molar-refractivity contribution is 5.19. The van der Waals surface area contributed by atoms with Gasteiger partial charge >= 0.3 is 0 Å². The molecule has 2 heterocycles. The summed E-state index contributed by atoms with van der Waals surface area (Å²) in [5.74, 6) is 2.47. The summed E-state index contributed by atoms with van der Waals surface area (Å²) in [4.78, 5) is 4.01. The highest BCUT2D eigenvalue weighted by atomic mass is 19.1. The maximum atomic E-state index is 12.4. The zero-order valence-electron chi connectivity index (χ0n) is 34.7. The zero-order valence-corrected chi connectivity index (χ0v) is 34.7. The Bertz CT molecular complexity index is 1230. The van der Waals surface area contributed by atoms with Gasteiger partial charge in [-0.1, -0.05) is 113 Å². The number of pyridine rings is 1. The van der Waals surface area contributed by atoms with Gasteiger partial charge in [-0.05, 0) is 105 Å². The molecule has 0 saturated heterocycles. The number of rotatable bonds is 10. The van der Waals surface area contributed by atoms with Crippen LogP contribution in [0.15, 0.2) is 59.6 Å². The minimum Gasteiger partial charge on any atom is -0.364 e. The van der Waals surface area contributed by atoms with Gasteiger partial charge in [-0.25, -0.2) is 4.39 Å². The Morgan fingerprint density at radius 1 is 0.686 bits per heavy atom. The van der Waals surface area contributed by atoms with E-state index in [4.69, 9.17) is 4.52 Å². The molecular weight excluding hydrogens is 634 g/mol. The van der Waals surface area contributed by atoms with Crippen molar-refractivity contribution in [3.63, 3.8) is 0 Å². The summed E-state index contributed by atoms with van der Waals surface area (Å²) in [5, 5.41) is 14.1. The van der Waals surface area contributed by atoms with Crippen molar-refractivity contribution in [2.24, 2.45) is 5.92 Å². The molecule has 0 spiro atoms. The number of hydrogen-bond donors (Lipinski definition) is 3. The second kappa shape index (κ2) is 26.2. The molecule has 3 aliphatic rings. The molecular formula is C44H76FN5O. The van der Waals surface area contributed by atoms with Crippen molar-refractivity contribution >= 4 is 0 Å². The summed E-state index contributed by atoms with van der Waals surface area (Å²) in [5.41, 5.74) is 4.69. The summed E-state index contributed by atoms with van der Waals surface area (Å²) in [6, 6.07) is 14.5. The van der Waals surface area contributed by atoms with Crippen LogP contribution >= 0.6 is 0 Å². The zero-order chi connectivity index (χ0) is 38.3. The van der Waals surface area contributed by atoms with Crippen LogP contribution in [0, 0.1) is 18.7 Å². The Kier molecular flexibility index (Phi) is 23.8. The van der Waals surface area contributed by atoms with Crippen LogP contribution in [0.2, 0.25) is 0 Å². The number of hydrogen-bond acceptors (Lipinski definition) is 6. The highest BCUT2D eigenvalue weighted by Gasteiger charge is 2.21. The van der Waals surface area contributed by atoms with Gasteiger partial charge in [-0.15, -0.1) is 0 Å². The third kappa shape index (κ3) is 25.1. The summed E-state index contributed by atoms with van der Waals surface area (Å²) in [7, 11) is 0. The lowest BCUT2D eigenvalue weighted by molar-refractivity contribution is 0.318. The summed E-state index contributed by atoms with van der Waals surface area (Å²) >= 11 is 0. The van der Waals surface area contributed by atoms with E-state index in [0.29, 0.717) is 35.9 Å². The van der Waals surface area contributed by atoms with Crippen LogP contribution < -0.4 is 16.0 Å². The van der Waals surface area contributed by atoms with Crippen molar-refractivity contribution in [1.29, 1.82) is 0 Å². The quantitative estimate of drug-likeness (QED) is 0.195. The van der Waals surface area contributed by atoms with E-state index in [9.17, 15) is 4.39 Å². The van der Waals surface area contributed by atoms with E-state index in [1.807, 2.05) is 31.3 Å². The summed E-state index contributed by atoms with van der Waals surface area (Å²) in [6.45, 7) is 29.2. The first-order chi connectivity index (χ1) is 24.1. The molecule has 3 N–H and O–H groups in total. The predicted octanol–water partition coefficient (Wildman–Crippen LogP) is 11.3. The lowest BCUT2D eigenvalue weighted by Gasteiger charge is -2.28. The lowest BCUT2D eigenvalue weighted by atomic mass is 9.93. The number of nitrogens with one attached hydrogen (secondary N) is 3. The average Bonchev–Trinajstić information content (AvgIpc) is 3.99. The molecule has 0 bridgehead atoms. The number of nitrogens with zero attached hydrogens (tertiary/aromatic N) is 2. The fourth-order valence-electron chi connectivity index (χ4n) is 4.91. The van der Waals surface area contributed by atoms with E-state index in [0.717, 1.165) is 23.7 Å². The van der Waals surface area contributed by atoms with Gasteiger partial charge in [-0.2, -0.15) is 0 Å². The predicted molar refractivity (Wildman–Crippen MR) is 217 cm³/mol. The first kappa shape index (κ1) is 46.4. The van der Waals surface area contributed by atoms with Crippen LogP contribution in [-0.4, -0.2) is 46.9 Å². The van der Waals surface area contributed by atoms with Gasteiger partial charge < -0.3 is 20.5 Å². The lowest BCUT2D eigenvalue weighted by Crippen LogP contribution is -2.39. The van der Waals surface area contributed by atoms with Gasteiger partial charge in [0, 0.05) is 48.2 Å². The van der Waals surface area contributed by atoms with E-state index in [-0.39, 0.29) is 5.82 Å². The molecule has 0 atom stereocenters. The average molecular weight is 710 g/mol. The number of aryl methyl sites for hydroxylation is 1. The molecule has 290 valence electrons. The summed E-state index contributed by atoms with van der Waals surface area (Å²) in [6.07, 6.45) is 15.4. The van der Waals surface area contributed by atoms with Gasteiger partial charge in [0.1, 0.15) is 12.1 Å². The molecule has 0 amide bonds. The van der Waals surface area contributed by atoms with Crippen molar-refractivity contribution in [1.82, 2.24) is 26.1 Å². The number of halogens is 1. The van der Waals surface area contributed by atoms with Crippen molar-refractivity contribution in [3.8, 4) is 0 Å². The highest BCUT2D eigenvalue weighted by Crippen LogP contribution is 2.27. The number of benzene rings is 1. The topological polar surface area (TPSA) is 75.0 Å². The van der Waals surface area contributed by atoms with Crippen molar-refractivity contribution in [2.75, 3.05) is 6.54 Å². The molecule has 3 aliphatic carbocycles. The molecule has 2 aromatic heterocycles. The molecule has 7 heteroatoms.